The van der Waals surface area contributed by atoms with Gasteiger partial charge in [0.25, 0.3) is 5.91 Å². The first kappa shape index (κ1) is 18.8. The molecule has 0 radical (unpaired) electrons. The number of carbonyl (C=O) groups excluding carboxylic acids is 3. The summed E-state index contributed by atoms with van der Waals surface area (Å²) >= 11 is 0. The van der Waals surface area contributed by atoms with Crippen molar-refractivity contribution in [2.24, 2.45) is 5.92 Å². The minimum atomic E-state index is -0.275. The molecule has 3 saturated heterocycles. The van der Waals surface area contributed by atoms with Crippen molar-refractivity contribution in [3.63, 3.8) is 0 Å². The second-order valence-corrected chi connectivity index (χ2v) is 8.36. The van der Waals surface area contributed by atoms with Gasteiger partial charge >= 0.3 is 0 Å². The van der Waals surface area contributed by atoms with Crippen LogP contribution in [0, 0.1) is 5.92 Å². The van der Waals surface area contributed by atoms with Crippen molar-refractivity contribution < 1.29 is 14.4 Å². The molecular weight excluding hydrogens is 382 g/mol. The number of nitrogens with one attached hydrogen (secondary N) is 1. The smallest absolute Gasteiger partial charge is 0.257 e. The van der Waals surface area contributed by atoms with Crippen LogP contribution in [0.25, 0.3) is 0 Å². The number of fused-ring (bicyclic) bond motifs is 1. The Morgan fingerprint density at radius 1 is 1.07 bits per heavy atom. The molecule has 0 saturated carbocycles. The highest BCUT2D eigenvalue weighted by Gasteiger charge is 2.51. The van der Waals surface area contributed by atoms with Crippen LogP contribution in [0.2, 0.25) is 0 Å². The van der Waals surface area contributed by atoms with E-state index in [1.165, 1.54) is 6.20 Å². The van der Waals surface area contributed by atoms with Crippen LogP contribution < -0.4 is 0 Å². The summed E-state index contributed by atoms with van der Waals surface area (Å²) in [4.78, 5) is 44.8. The minimum absolute atomic E-state index is 0.0223. The molecule has 4 heterocycles. The van der Waals surface area contributed by atoms with Crippen molar-refractivity contribution in [1.82, 2.24) is 24.9 Å². The predicted octanol–water partition coefficient (Wildman–Crippen LogP) is 1.45. The number of H-pyrrole nitrogens is 1. The van der Waals surface area contributed by atoms with Crippen molar-refractivity contribution in [3.8, 4) is 0 Å². The van der Waals surface area contributed by atoms with Gasteiger partial charge in [-0.05, 0) is 24.8 Å². The van der Waals surface area contributed by atoms with Gasteiger partial charge in [0.05, 0.1) is 29.8 Å². The minimum Gasteiger partial charge on any atom is -0.342 e. The fraction of sp³-hybridized carbons (Fsp3) is 0.455. The van der Waals surface area contributed by atoms with Gasteiger partial charge in [-0.15, -0.1) is 0 Å². The molecule has 3 aliphatic heterocycles. The molecule has 0 aliphatic carbocycles. The molecule has 2 aromatic rings. The third-order valence-electron chi connectivity index (χ3n) is 6.55. The SMILES string of the molecule is O=C(c1cn[nH]c1)N1CC(=O)N2[C@H](C[C@@H](C(=O)N3CCCC3)[C@H]2c2ccccc2)C1. The lowest BCUT2D eigenvalue weighted by Gasteiger charge is -2.40. The molecule has 0 unspecified atom stereocenters. The van der Waals surface area contributed by atoms with Gasteiger partial charge in [0, 0.05) is 25.8 Å². The van der Waals surface area contributed by atoms with Crippen LogP contribution in [-0.4, -0.2) is 74.8 Å². The van der Waals surface area contributed by atoms with Crippen molar-refractivity contribution in [3.05, 3.63) is 53.9 Å². The number of rotatable bonds is 3. The van der Waals surface area contributed by atoms with E-state index in [4.69, 9.17) is 0 Å². The van der Waals surface area contributed by atoms with E-state index < -0.39 is 0 Å². The molecule has 3 amide bonds. The number of carbonyl (C=O) groups is 3. The molecule has 3 atom stereocenters. The van der Waals surface area contributed by atoms with E-state index in [1.807, 2.05) is 40.1 Å². The first-order chi connectivity index (χ1) is 14.6. The van der Waals surface area contributed by atoms with Gasteiger partial charge in [0.15, 0.2) is 0 Å². The van der Waals surface area contributed by atoms with E-state index in [0.29, 0.717) is 18.5 Å². The lowest BCUT2D eigenvalue weighted by molar-refractivity contribution is -0.141. The Morgan fingerprint density at radius 2 is 1.83 bits per heavy atom. The maximum atomic E-state index is 13.4. The summed E-state index contributed by atoms with van der Waals surface area (Å²) in [5.74, 6) is -0.448. The van der Waals surface area contributed by atoms with Crippen LogP contribution in [0.4, 0.5) is 0 Å². The zero-order valence-corrected chi connectivity index (χ0v) is 16.7. The fourth-order valence-corrected chi connectivity index (χ4v) is 5.20. The first-order valence-corrected chi connectivity index (χ1v) is 10.6. The fourth-order valence-electron chi connectivity index (χ4n) is 5.20. The Kier molecular flexibility index (Phi) is 4.77. The summed E-state index contributed by atoms with van der Waals surface area (Å²) in [6, 6.07) is 9.39. The van der Waals surface area contributed by atoms with Crippen molar-refractivity contribution in [2.75, 3.05) is 26.2 Å². The molecule has 3 fully saturated rings. The first-order valence-electron chi connectivity index (χ1n) is 10.6. The summed E-state index contributed by atoms with van der Waals surface area (Å²) < 4.78 is 0. The van der Waals surface area contributed by atoms with Crippen LogP contribution in [0.5, 0.6) is 0 Å². The van der Waals surface area contributed by atoms with Crippen molar-refractivity contribution in [2.45, 2.75) is 31.3 Å². The monoisotopic (exact) mass is 407 g/mol. The second-order valence-electron chi connectivity index (χ2n) is 8.36. The van der Waals surface area contributed by atoms with Crippen LogP contribution in [0.15, 0.2) is 42.7 Å². The highest BCUT2D eigenvalue weighted by Crippen LogP contribution is 2.44. The molecular formula is C22H25N5O3. The van der Waals surface area contributed by atoms with Crippen molar-refractivity contribution in [1.29, 1.82) is 0 Å². The standard InChI is InChI=1S/C22H25N5O3/c28-19-14-26(21(29)16-11-23-24-12-16)13-17-10-18(22(30)25-8-4-5-9-25)20(27(17)19)15-6-2-1-3-7-15/h1-3,6-7,11-12,17-18,20H,4-5,8-10,13-14H2,(H,23,24)/t17-,18-,20-/m1/s1. The largest absolute Gasteiger partial charge is 0.342 e. The van der Waals surface area contributed by atoms with Gasteiger partial charge in [-0.3, -0.25) is 19.5 Å². The molecule has 0 bridgehead atoms. The van der Waals surface area contributed by atoms with Gasteiger partial charge < -0.3 is 14.7 Å². The topological polar surface area (TPSA) is 89.6 Å². The molecule has 1 aromatic heterocycles. The molecule has 1 N–H and O–H groups in total. The van der Waals surface area contributed by atoms with E-state index in [1.54, 1.807) is 11.1 Å². The Balaban J connectivity index is 1.44. The van der Waals surface area contributed by atoms with E-state index >= 15 is 0 Å². The number of hydrogen-bond donors (Lipinski definition) is 1. The number of aromatic nitrogens is 2. The maximum Gasteiger partial charge on any atom is 0.257 e. The summed E-state index contributed by atoms with van der Waals surface area (Å²) in [6.07, 6.45) is 5.66. The quantitative estimate of drug-likeness (QED) is 0.834. The van der Waals surface area contributed by atoms with Crippen LogP contribution in [0.1, 0.15) is 41.2 Å². The van der Waals surface area contributed by atoms with Gasteiger partial charge in [-0.2, -0.15) is 5.10 Å². The van der Waals surface area contributed by atoms with Gasteiger partial charge in [-0.25, -0.2) is 0 Å². The molecule has 8 nitrogen and oxygen atoms in total. The Hall–Kier alpha value is -3.16. The molecule has 30 heavy (non-hydrogen) atoms. The average Bonchev–Trinajstić information content (AvgIpc) is 3.54. The van der Waals surface area contributed by atoms with Crippen LogP contribution in [-0.2, 0) is 9.59 Å². The Labute approximate surface area is 174 Å². The Morgan fingerprint density at radius 3 is 2.53 bits per heavy atom. The zero-order valence-electron chi connectivity index (χ0n) is 16.7. The van der Waals surface area contributed by atoms with Crippen molar-refractivity contribution >= 4 is 17.7 Å². The number of benzene rings is 1. The van der Waals surface area contributed by atoms with E-state index in [0.717, 1.165) is 31.5 Å². The normalized spacial score (nSPS) is 26.2. The number of aromatic amines is 1. The number of nitrogens with zero attached hydrogens (tertiary/aromatic N) is 4. The van der Waals surface area contributed by atoms with Gasteiger partial charge in [0.1, 0.15) is 6.54 Å². The maximum absolute atomic E-state index is 13.4. The molecule has 8 heteroatoms. The summed E-state index contributed by atoms with van der Waals surface area (Å²) in [6.45, 7) is 2.04. The Bertz CT molecular complexity index is 939. The lowest BCUT2D eigenvalue weighted by Crippen LogP contribution is -2.55. The highest BCUT2D eigenvalue weighted by molar-refractivity contribution is 5.97. The lowest BCUT2D eigenvalue weighted by atomic mass is 9.92. The second kappa shape index (κ2) is 7.59. The molecule has 3 aliphatic rings. The zero-order chi connectivity index (χ0) is 20.7. The molecule has 5 rings (SSSR count). The molecule has 156 valence electrons. The molecule has 1 aromatic carbocycles. The van der Waals surface area contributed by atoms with Crippen LogP contribution >= 0.6 is 0 Å². The van der Waals surface area contributed by atoms with Gasteiger partial charge in [-0.1, -0.05) is 30.3 Å². The number of amides is 3. The molecule has 0 spiro atoms. The number of hydrogen-bond acceptors (Lipinski definition) is 4. The van der Waals surface area contributed by atoms with E-state index in [9.17, 15) is 14.4 Å². The summed E-state index contributed by atoms with van der Waals surface area (Å²) in [7, 11) is 0. The summed E-state index contributed by atoms with van der Waals surface area (Å²) in [5, 5.41) is 6.48. The number of likely N-dealkylation sites (tertiary alicyclic amines) is 1. The van der Waals surface area contributed by atoms with E-state index in [-0.39, 0.29) is 42.3 Å². The van der Waals surface area contributed by atoms with Gasteiger partial charge in [0.2, 0.25) is 11.8 Å². The highest BCUT2D eigenvalue weighted by atomic mass is 16.2. The predicted molar refractivity (Wildman–Crippen MR) is 108 cm³/mol. The average molecular weight is 407 g/mol. The van der Waals surface area contributed by atoms with Crippen LogP contribution in [0.3, 0.4) is 0 Å². The van der Waals surface area contributed by atoms with E-state index in [2.05, 4.69) is 10.2 Å². The third-order valence-corrected chi connectivity index (χ3v) is 6.55. The third kappa shape index (κ3) is 3.16. The number of piperazine rings is 1. The summed E-state index contributed by atoms with van der Waals surface area (Å²) in [5.41, 5.74) is 1.43.